The molecule has 1 saturated heterocycles. The summed E-state index contributed by atoms with van der Waals surface area (Å²) in [5.41, 5.74) is 1.68. The molecular formula is C22H27N5O7. The van der Waals surface area contributed by atoms with Crippen LogP contribution in [0.3, 0.4) is 0 Å². The Labute approximate surface area is 195 Å². The van der Waals surface area contributed by atoms with Gasteiger partial charge in [-0.1, -0.05) is 13.0 Å². The number of imidazole rings is 1. The summed E-state index contributed by atoms with van der Waals surface area (Å²) < 4.78 is 17.8. The van der Waals surface area contributed by atoms with Crippen LogP contribution in [0.25, 0.3) is 11.2 Å². The van der Waals surface area contributed by atoms with Crippen LogP contribution in [0, 0.1) is 0 Å². The lowest BCUT2D eigenvalue weighted by atomic mass is 10.1. The number of carbonyl (C=O) groups is 1. The number of ether oxygens (including phenoxy) is 3. The molecule has 4 rings (SSSR count). The molecule has 1 aromatic carbocycles. The van der Waals surface area contributed by atoms with E-state index in [9.17, 15) is 20.1 Å². The van der Waals surface area contributed by atoms with Crippen molar-refractivity contribution in [1.82, 2.24) is 19.5 Å². The van der Waals surface area contributed by atoms with Gasteiger partial charge in [0.1, 0.15) is 24.6 Å². The quantitative estimate of drug-likeness (QED) is 0.256. The summed E-state index contributed by atoms with van der Waals surface area (Å²) in [4.78, 5) is 24.6. The van der Waals surface area contributed by atoms with Gasteiger partial charge >= 0.3 is 5.97 Å². The van der Waals surface area contributed by atoms with Crippen molar-refractivity contribution in [3.8, 4) is 11.5 Å². The lowest BCUT2D eigenvalue weighted by Crippen LogP contribution is -2.33. The number of nitrogens with one attached hydrogen (secondary N) is 1. The number of aromatic nitrogens is 4. The molecule has 0 saturated carbocycles. The zero-order valence-electron chi connectivity index (χ0n) is 18.8. The van der Waals surface area contributed by atoms with Crippen LogP contribution in [0.1, 0.15) is 31.6 Å². The van der Waals surface area contributed by atoms with Crippen molar-refractivity contribution in [2.24, 2.45) is 0 Å². The number of aliphatic hydroxyl groups excluding tert-OH is 3. The molecular weight excluding hydrogens is 446 g/mol. The van der Waals surface area contributed by atoms with Crippen LogP contribution in [-0.2, 0) is 16.1 Å². The van der Waals surface area contributed by atoms with Crippen molar-refractivity contribution in [3.63, 3.8) is 0 Å². The van der Waals surface area contributed by atoms with Gasteiger partial charge in [-0.15, -0.1) is 0 Å². The Morgan fingerprint density at radius 1 is 1.21 bits per heavy atom. The Morgan fingerprint density at radius 2 is 2.03 bits per heavy atom. The summed E-state index contributed by atoms with van der Waals surface area (Å²) >= 11 is 0. The van der Waals surface area contributed by atoms with Gasteiger partial charge in [-0.2, -0.15) is 0 Å². The van der Waals surface area contributed by atoms with E-state index in [2.05, 4.69) is 20.3 Å². The molecule has 4 N–H and O–H groups in total. The van der Waals surface area contributed by atoms with Gasteiger partial charge in [0.2, 0.25) is 0 Å². The molecule has 0 spiro atoms. The van der Waals surface area contributed by atoms with Gasteiger partial charge in [0, 0.05) is 13.0 Å². The first-order valence-corrected chi connectivity index (χ1v) is 10.9. The number of hydrogen-bond acceptors (Lipinski definition) is 11. The van der Waals surface area contributed by atoms with Crippen LogP contribution in [0.5, 0.6) is 11.5 Å². The molecule has 3 aromatic rings. The summed E-state index contributed by atoms with van der Waals surface area (Å²) in [6, 6.07) is 5.24. The fourth-order valence-corrected chi connectivity index (χ4v) is 3.75. The third kappa shape index (κ3) is 4.66. The van der Waals surface area contributed by atoms with Crippen LogP contribution in [0.15, 0.2) is 30.9 Å². The Balaban J connectivity index is 1.51. The number of anilines is 1. The van der Waals surface area contributed by atoms with Crippen LogP contribution >= 0.6 is 0 Å². The maximum atomic E-state index is 11.8. The molecule has 34 heavy (non-hydrogen) atoms. The van der Waals surface area contributed by atoms with Gasteiger partial charge in [-0.05, 0) is 24.1 Å². The summed E-state index contributed by atoms with van der Waals surface area (Å²) in [7, 11) is 1.50. The van der Waals surface area contributed by atoms with Gasteiger partial charge in [0.05, 0.1) is 20.0 Å². The zero-order chi connectivity index (χ0) is 24.2. The summed E-state index contributed by atoms with van der Waals surface area (Å²) in [5.74, 6) is 0.921. The normalized spacial score (nSPS) is 22.1. The van der Waals surface area contributed by atoms with E-state index >= 15 is 0 Å². The summed E-state index contributed by atoms with van der Waals surface area (Å²) in [6.45, 7) is 1.84. The van der Waals surface area contributed by atoms with E-state index in [1.54, 1.807) is 18.2 Å². The first-order chi connectivity index (χ1) is 16.5. The molecule has 0 aliphatic carbocycles. The average Bonchev–Trinajstić information content (AvgIpc) is 3.39. The van der Waals surface area contributed by atoms with E-state index in [1.165, 1.54) is 24.3 Å². The van der Waals surface area contributed by atoms with E-state index in [0.29, 0.717) is 47.9 Å². The number of methoxy groups -OCH3 is 1. The predicted octanol–water partition coefficient (Wildman–Crippen LogP) is 0.764. The monoisotopic (exact) mass is 473 g/mol. The topological polar surface area (TPSA) is 161 Å². The van der Waals surface area contributed by atoms with Crippen molar-refractivity contribution >= 4 is 23.0 Å². The van der Waals surface area contributed by atoms with E-state index in [0.717, 1.165) is 5.56 Å². The van der Waals surface area contributed by atoms with Gasteiger partial charge < -0.3 is 34.8 Å². The van der Waals surface area contributed by atoms with Crippen molar-refractivity contribution in [1.29, 1.82) is 0 Å². The lowest BCUT2D eigenvalue weighted by molar-refractivity contribution is -0.134. The molecule has 1 fully saturated rings. The number of rotatable bonds is 9. The molecule has 12 heteroatoms. The minimum atomic E-state index is -1.25. The van der Waals surface area contributed by atoms with E-state index in [1.807, 2.05) is 6.92 Å². The highest BCUT2D eigenvalue weighted by molar-refractivity contribution is 5.82. The molecule has 0 unspecified atom stereocenters. The average molecular weight is 473 g/mol. The fourth-order valence-electron chi connectivity index (χ4n) is 3.75. The minimum Gasteiger partial charge on any atom is -0.493 e. The largest absolute Gasteiger partial charge is 0.493 e. The molecule has 0 amide bonds. The first-order valence-electron chi connectivity index (χ1n) is 10.9. The second-order valence-electron chi connectivity index (χ2n) is 7.84. The molecule has 0 bridgehead atoms. The van der Waals surface area contributed by atoms with Gasteiger partial charge in [-0.25, -0.2) is 15.0 Å². The maximum Gasteiger partial charge on any atom is 0.311 e. The molecule has 3 heterocycles. The van der Waals surface area contributed by atoms with E-state index in [4.69, 9.17) is 14.2 Å². The number of aliphatic hydroxyl groups is 3. The first kappa shape index (κ1) is 23.8. The Bertz CT molecular complexity index is 1150. The highest BCUT2D eigenvalue weighted by Crippen LogP contribution is 2.32. The maximum absolute atomic E-state index is 11.8. The van der Waals surface area contributed by atoms with Crippen LogP contribution in [0.2, 0.25) is 0 Å². The number of nitrogens with zero attached hydrogens (tertiary/aromatic N) is 4. The van der Waals surface area contributed by atoms with Gasteiger partial charge in [-0.3, -0.25) is 9.36 Å². The predicted molar refractivity (Wildman–Crippen MR) is 119 cm³/mol. The van der Waals surface area contributed by atoms with Crippen LogP contribution in [-0.4, -0.2) is 72.8 Å². The molecule has 1 aliphatic heterocycles. The second-order valence-corrected chi connectivity index (χ2v) is 7.84. The molecule has 2 aromatic heterocycles. The molecule has 1 aliphatic rings. The van der Waals surface area contributed by atoms with Crippen molar-refractivity contribution < 1.29 is 34.3 Å². The van der Waals surface area contributed by atoms with Crippen molar-refractivity contribution in [2.75, 3.05) is 19.0 Å². The standard InChI is InChI=1S/C22H27N5O7/c1-3-4-16(29)33-13-6-5-12(7-14(13)32-2)8-23-20-17-21(25-10-24-20)27(11-26-17)22-19(31)18(30)15(9-28)34-22/h5-7,10-11,15,18-19,22,28,30-31H,3-4,8-9H2,1-2H3,(H,23,24,25)/t15-,18-,19-,22-/m1/s1. The minimum absolute atomic E-state index is 0.320. The Hall–Kier alpha value is -3.32. The van der Waals surface area contributed by atoms with Crippen LogP contribution in [0.4, 0.5) is 5.82 Å². The third-order valence-electron chi connectivity index (χ3n) is 5.52. The number of benzene rings is 1. The fraction of sp³-hybridized carbons (Fsp3) is 0.455. The Kier molecular flexibility index (Phi) is 7.22. The second kappa shape index (κ2) is 10.3. The molecule has 4 atom stereocenters. The van der Waals surface area contributed by atoms with Gasteiger partial charge in [0.15, 0.2) is 34.7 Å². The van der Waals surface area contributed by atoms with E-state index in [-0.39, 0.29) is 5.97 Å². The Morgan fingerprint density at radius 3 is 2.74 bits per heavy atom. The molecule has 12 nitrogen and oxygen atoms in total. The number of hydrogen-bond donors (Lipinski definition) is 4. The van der Waals surface area contributed by atoms with Crippen molar-refractivity contribution in [3.05, 3.63) is 36.4 Å². The third-order valence-corrected chi connectivity index (χ3v) is 5.52. The highest BCUT2D eigenvalue weighted by atomic mass is 16.6. The smallest absolute Gasteiger partial charge is 0.311 e. The number of esters is 1. The van der Waals surface area contributed by atoms with Crippen molar-refractivity contribution in [2.45, 2.75) is 50.8 Å². The number of carbonyl (C=O) groups excluding carboxylic acids is 1. The molecule has 0 radical (unpaired) electrons. The summed E-state index contributed by atoms with van der Waals surface area (Å²) in [6.07, 6.45) is -0.534. The zero-order valence-corrected chi connectivity index (χ0v) is 18.8. The highest BCUT2D eigenvalue weighted by Gasteiger charge is 2.44. The van der Waals surface area contributed by atoms with Crippen LogP contribution < -0.4 is 14.8 Å². The lowest BCUT2D eigenvalue weighted by Gasteiger charge is -2.16. The van der Waals surface area contributed by atoms with E-state index < -0.39 is 31.1 Å². The van der Waals surface area contributed by atoms with Gasteiger partial charge in [0.25, 0.3) is 0 Å². The molecule has 182 valence electrons. The number of fused-ring (bicyclic) bond motifs is 1. The summed E-state index contributed by atoms with van der Waals surface area (Å²) in [5, 5.41) is 32.9. The SMILES string of the molecule is CCCC(=O)Oc1ccc(CNc2ncnc3c2ncn3[C@@H]2O[C@H](CO)[C@@H](O)[C@H]2O)cc1OC.